The summed E-state index contributed by atoms with van der Waals surface area (Å²) >= 11 is 0. The number of anilines is 1. The molecule has 21 heavy (non-hydrogen) atoms. The molecule has 5 nitrogen and oxygen atoms in total. The molecule has 0 aliphatic heterocycles. The molecule has 0 fully saturated rings. The van der Waals surface area contributed by atoms with Gasteiger partial charge in [-0.05, 0) is 36.6 Å². The number of aliphatic hydroxyl groups excluding tert-OH is 1. The second-order valence-corrected chi connectivity index (χ2v) is 5.12. The molecule has 0 saturated heterocycles. The van der Waals surface area contributed by atoms with E-state index in [0.29, 0.717) is 17.4 Å². The van der Waals surface area contributed by atoms with Crippen LogP contribution in [0.3, 0.4) is 0 Å². The Morgan fingerprint density at radius 3 is 2.57 bits per heavy atom. The molecule has 0 unspecified atom stereocenters. The zero-order chi connectivity index (χ0) is 15.7. The first kappa shape index (κ1) is 16.9. The minimum atomic E-state index is -0.341. The lowest BCUT2D eigenvalue weighted by Gasteiger charge is -2.18. The number of terminal acetylenes is 1. The number of carbonyl (C=O) groups excluding carboxylic acids is 1. The van der Waals surface area contributed by atoms with Gasteiger partial charge in [-0.15, -0.1) is 6.42 Å². The van der Waals surface area contributed by atoms with Crippen molar-refractivity contribution in [2.75, 3.05) is 18.5 Å². The Labute approximate surface area is 125 Å². The van der Waals surface area contributed by atoms with Crippen molar-refractivity contribution in [1.82, 2.24) is 5.32 Å². The Bertz CT molecular complexity index is 477. The molecule has 1 aromatic carbocycles. The van der Waals surface area contributed by atoms with Crippen LogP contribution in [0.1, 0.15) is 20.3 Å². The van der Waals surface area contributed by atoms with Crippen LogP contribution in [0.5, 0.6) is 5.75 Å². The van der Waals surface area contributed by atoms with Gasteiger partial charge in [-0.3, -0.25) is 0 Å². The summed E-state index contributed by atoms with van der Waals surface area (Å²) < 4.78 is 5.24. The normalized spacial score (nSPS) is 11.6. The molecule has 3 N–H and O–H groups in total. The number of hydrogen-bond acceptors (Lipinski definition) is 3. The first-order valence-corrected chi connectivity index (χ1v) is 6.89. The second-order valence-electron chi connectivity index (χ2n) is 5.12. The van der Waals surface area contributed by atoms with Gasteiger partial charge in [-0.25, -0.2) is 4.79 Å². The van der Waals surface area contributed by atoms with Crippen LogP contribution in [0.4, 0.5) is 10.5 Å². The van der Waals surface area contributed by atoms with Crippen LogP contribution in [-0.2, 0) is 0 Å². The maximum absolute atomic E-state index is 11.8. The number of rotatable bonds is 7. The number of carbonyl (C=O) groups is 1. The second kappa shape index (κ2) is 8.88. The highest BCUT2D eigenvalue weighted by molar-refractivity contribution is 5.89. The minimum absolute atomic E-state index is 0.0789. The summed E-state index contributed by atoms with van der Waals surface area (Å²) in [6.45, 7) is 4.21. The lowest BCUT2D eigenvalue weighted by molar-refractivity contribution is 0.214. The molecule has 0 radical (unpaired) electrons. The van der Waals surface area contributed by atoms with Crippen molar-refractivity contribution >= 4 is 11.7 Å². The SMILES string of the molecule is C#CCOc1ccc(NC(=O)N[C@H](CO)CC(C)C)cc1. The van der Waals surface area contributed by atoms with Crippen molar-refractivity contribution < 1.29 is 14.6 Å². The van der Waals surface area contributed by atoms with Crippen LogP contribution in [0.2, 0.25) is 0 Å². The monoisotopic (exact) mass is 290 g/mol. The fourth-order valence-electron chi connectivity index (χ4n) is 1.86. The fourth-order valence-corrected chi connectivity index (χ4v) is 1.86. The van der Waals surface area contributed by atoms with Gasteiger partial charge in [-0.2, -0.15) is 0 Å². The van der Waals surface area contributed by atoms with Gasteiger partial charge in [0.1, 0.15) is 12.4 Å². The standard InChI is InChI=1S/C16H22N2O3/c1-4-9-21-15-7-5-13(6-8-15)17-16(20)18-14(11-19)10-12(2)3/h1,5-8,12,14,19H,9-11H2,2-3H3,(H2,17,18,20)/t14-/m0/s1. The van der Waals surface area contributed by atoms with Crippen LogP contribution in [-0.4, -0.2) is 30.4 Å². The zero-order valence-corrected chi connectivity index (χ0v) is 12.4. The van der Waals surface area contributed by atoms with E-state index < -0.39 is 0 Å². The number of ether oxygens (including phenoxy) is 1. The van der Waals surface area contributed by atoms with Crippen LogP contribution >= 0.6 is 0 Å². The third-order valence-corrected chi connectivity index (χ3v) is 2.75. The van der Waals surface area contributed by atoms with Gasteiger partial charge >= 0.3 is 6.03 Å². The van der Waals surface area contributed by atoms with Crippen molar-refractivity contribution in [2.45, 2.75) is 26.3 Å². The average molecular weight is 290 g/mol. The van der Waals surface area contributed by atoms with E-state index in [-0.39, 0.29) is 25.3 Å². The first-order chi connectivity index (χ1) is 10.0. The van der Waals surface area contributed by atoms with E-state index in [9.17, 15) is 9.90 Å². The average Bonchev–Trinajstić information content (AvgIpc) is 2.45. The summed E-state index contributed by atoms with van der Waals surface area (Å²) in [5.41, 5.74) is 0.641. The number of amides is 2. The van der Waals surface area contributed by atoms with Gasteiger partial charge in [0.2, 0.25) is 0 Å². The van der Waals surface area contributed by atoms with Gasteiger partial charge in [0.25, 0.3) is 0 Å². The highest BCUT2D eigenvalue weighted by Crippen LogP contribution is 2.15. The lowest BCUT2D eigenvalue weighted by atomic mass is 10.0. The summed E-state index contributed by atoms with van der Waals surface area (Å²) in [5, 5.41) is 14.7. The van der Waals surface area contributed by atoms with Gasteiger partial charge in [0.15, 0.2) is 0 Å². The smallest absolute Gasteiger partial charge is 0.319 e. The molecule has 5 heteroatoms. The molecule has 1 atom stereocenters. The van der Waals surface area contributed by atoms with Crippen LogP contribution in [0.25, 0.3) is 0 Å². The maximum atomic E-state index is 11.8. The topological polar surface area (TPSA) is 70.6 Å². The third-order valence-electron chi connectivity index (χ3n) is 2.75. The van der Waals surface area contributed by atoms with Crippen molar-refractivity contribution in [2.24, 2.45) is 5.92 Å². The van der Waals surface area contributed by atoms with Crippen molar-refractivity contribution in [3.8, 4) is 18.1 Å². The van der Waals surface area contributed by atoms with Gasteiger partial charge in [0, 0.05) is 5.69 Å². The van der Waals surface area contributed by atoms with E-state index in [1.807, 2.05) is 13.8 Å². The van der Waals surface area contributed by atoms with Gasteiger partial charge in [-0.1, -0.05) is 19.8 Å². The zero-order valence-electron chi connectivity index (χ0n) is 12.4. The summed E-state index contributed by atoms with van der Waals surface area (Å²) in [6, 6.07) is 6.31. The Kier molecular flexibility index (Phi) is 7.13. The summed E-state index contributed by atoms with van der Waals surface area (Å²) in [6.07, 6.45) is 5.83. The Morgan fingerprint density at radius 2 is 2.05 bits per heavy atom. The van der Waals surface area contributed by atoms with Crippen LogP contribution in [0, 0.1) is 18.3 Å². The van der Waals surface area contributed by atoms with E-state index in [1.54, 1.807) is 24.3 Å². The Hall–Kier alpha value is -2.19. The summed E-state index contributed by atoms with van der Waals surface area (Å²) in [4.78, 5) is 11.8. The molecule has 0 heterocycles. The third kappa shape index (κ3) is 6.68. The summed E-state index contributed by atoms with van der Waals surface area (Å²) in [7, 11) is 0. The lowest BCUT2D eigenvalue weighted by Crippen LogP contribution is -2.40. The van der Waals surface area contributed by atoms with E-state index >= 15 is 0 Å². The summed E-state index contributed by atoms with van der Waals surface area (Å²) in [5.74, 6) is 3.42. The predicted octanol–water partition coefficient (Wildman–Crippen LogP) is 2.23. The Balaban J connectivity index is 2.48. The number of benzene rings is 1. The fraction of sp³-hybridized carbons (Fsp3) is 0.438. The molecule has 0 saturated carbocycles. The first-order valence-electron chi connectivity index (χ1n) is 6.89. The molecule has 0 spiro atoms. The molecule has 1 rings (SSSR count). The molecule has 0 aliphatic rings. The number of nitrogens with one attached hydrogen (secondary N) is 2. The van der Waals surface area contributed by atoms with Crippen LogP contribution < -0.4 is 15.4 Å². The van der Waals surface area contributed by atoms with Crippen molar-refractivity contribution in [3.63, 3.8) is 0 Å². The molecule has 114 valence electrons. The van der Waals surface area contributed by atoms with Crippen molar-refractivity contribution in [3.05, 3.63) is 24.3 Å². The maximum Gasteiger partial charge on any atom is 0.319 e. The van der Waals surface area contributed by atoms with Crippen LogP contribution in [0.15, 0.2) is 24.3 Å². The van der Waals surface area contributed by atoms with Crippen molar-refractivity contribution in [1.29, 1.82) is 0 Å². The van der Waals surface area contributed by atoms with E-state index in [1.165, 1.54) is 0 Å². The minimum Gasteiger partial charge on any atom is -0.481 e. The predicted molar refractivity (Wildman–Crippen MR) is 83.3 cm³/mol. The molecule has 2 amide bonds. The van der Waals surface area contributed by atoms with E-state index in [2.05, 4.69) is 16.6 Å². The molecular formula is C16H22N2O3. The number of hydrogen-bond donors (Lipinski definition) is 3. The number of urea groups is 1. The molecule has 0 aliphatic carbocycles. The Morgan fingerprint density at radius 1 is 1.38 bits per heavy atom. The quantitative estimate of drug-likeness (QED) is 0.674. The van der Waals surface area contributed by atoms with E-state index in [0.717, 1.165) is 6.42 Å². The highest BCUT2D eigenvalue weighted by Gasteiger charge is 2.12. The molecular weight excluding hydrogens is 268 g/mol. The molecule has 0 aromatic heterocycles. The molecule has 1 aromatic rings. The number of aliphatic hydroxyl groups is 1. The van der Waals surface area contributed by atoms with Gasteiger partial charge in [0.05, 0.1) is 12.6 Å². The molecule has 0 bridgehead atoms. The van der Waals surface area contributed by atoms with Gasteiger partial charge < -0.3 is 20.5 Å². The highest BCUT2D eigenvalue weighted by atomic mass is 16.5. The largest absolute Gasteiger partial charge is 0.481 e. The van der Waals surface area contributed by atoms with E-state index in [4.69, 9.17) is 11.2 Å².